The molecule has 0 fully saturated rings. The Morgan fingerprint density at radius 1 is 0.861 bits per heavy atom. The van der Waals surface area contributed by atoms with Crippen molar-refractivity contribution in [3.8, 4) is 0 Å². The second-order valence-corrected chi connectivity index (χ2v) is 9.34. The number of carbonyl (C=O) groups excluding carboxylic acids is 3. The molecule has 0 bridgehead atoms. The van der Waals surface area contributed by atoms with Crippen molar-refractivity contribution >= 4 is 29.7 Å². The Morgan fingerprint density at radius 3 is 1.94 bits per heavy atom. The third kappa shape index (κ3) is 12.7. The summed E-state index contributed by atoms with van der Waals surface area (Å²) in [5.41, 5.74) is 22.1. The minimum Gasteiger partial charge on any atom is -0.480 e. The van der Waals surface area contributed by atoms with Gasteiger partial charge in [-0.05, 0) is 50.5 Å². The molecule has 3 amide bonds. The minimum atomic E-state index is -1.16. The first-order valence-electron chi connectivity index (χ1n) is 12.5. The zero-order valence-electron chi connectivity index (χ0n) is 22.0. The largest absolute Gasteiger partial charge is 0.480 e. The number of nitrogens with two attached hydrogens (primary N) is 4. The molecule has 5 unspecified atom stereocenters. The van der Waals surface area contributed by atoms with E-state index >= 15 is 0 Å². The average molecular weight is 515 g/mol. The van der Waals surface area contributed by atoms with Gasteiger partial charge in [-0.2, -0.15) is 0 Å². The van der Waals surface area contributed by atoms with Crippen LogP contribution in [0.15, 0.2) is 4.99 Å². The van der Waals surface area contributed by atoms with E-state index in [4.69, 9.17) is 22.9 Å². The second-order valence-electron chi connectivity index (χ2n) is 9.34. The molecule has 0 saturated carbocycles. The molecule has 0 aliphatic carbocycles. The zero-order chi connectivity index (χ0) is 27.8. The maximum Gasteiger partial charge on any atom is 0.326 e. The molecule has 0 rings (SSSR count). The molecule has 13 heteroatoms. The molecule has 208 valence electrons. The van der Waals surface area contributed by atoms with Gasteiger partial charge in [0.2, 0.25) is 17.7 Å². The van der Waals surface area contributed by atoms with Crippen LogP contribution in [0, 0.1) is 11.8 Å². The predicted octanol–water partition coefficient (Wildman–Crippen LogP) is -1.26. The van der Waals surface area contributed by atoms with Crippen LogP contribution in [0.4, 0.5) is 0 Å². The first-order chi connectivity index (χ1) is 16.8. The van der Waals surface area contributed by atoms with E-state index in [1.54, 1.807) is 20.8 Å². The summed E-state index contributed by atoms with van der Waals surface area (Å²) >= 11 is 0. The van der Waals surface area contributed by atoms with Gasteiger partial charge in [0.1, 0.15) is 18.1 Å². The first-order valence-corrected chi connectivity index (χ1v) is 12.5. The van der Waals surface area contributed by atoms with Crippen molar-refractivity contribution < 1.29 is 24.3 Å². The quantitative estimate of drug-likeness (QED) is 0.0617. The van der Waals surface area contributed by atoms with Gasteiger partial charge < -0.3 is 44.0 Å². The summed E-state index contributed by atoms with van der Waals surface area (Å²) in [5.74, 6) is -3.40. The van der Waals surface area contributed by atoms with Crippen LogP contribution >= 0.6 is 0 Å². The van der Waals surface area contributed by atoms with E-state index < -0.39 is 47.9 Å². The molecule has 0 aromatic heterocycles. The van der Waals surface area contributed by atoms with Crippen LogP contribution in [0.2, 0.25) is 0 Å². The van der Waals surface area contributed by atoms with Crippen LogP contribution in [-0.4, -0.2) is 72.0 Å². The van der Waals surface area contributed by atoms with E-state index in [1.165, 1.54) is 0 Å². The number of rotatable bonds is 18. The monoisotopic (exact) mass is 514 g/mol. The number of aliphatic carboxylic acids is 1. The number of carboxylic acids is 1. The molecule has 36 heavy (non-hydrogen) atoms. The summed E-state index contributed by atoms with van der Waals surface area (Å²) in [4.78, 5) is 54.3. The SMILES string of the molecule is CCC(C)C(NC(=O)C(CCCN=C(N)N)NC(=O)C(N)C(C)C)C(=O)NC(CCCCN)C(=O)O. The molecule has 0 aromatic rings. The zero-order valence-corrected chi connectivity index (χ0v) is 22.0. The van der Waals surface area contributed by atoms with Crippen molar-refractivity contribution in [2.75, 3.05) is 13.1 Å². The van der Waals surface area contributed by atoms with Crippen molar-refractivity contribution in [3.05, 3.63) is 0 Å². The van der Waals surface area contributed by atoms with Crippen LogP contribution in [0.3, 0.4) is 0 Å². The Hall–Kier alpha value is -2.93. The van der Waals surface area contributed by atoms with Gasteiger partial charge in [-0.3, -0.25) is 19.4 Å². The molecule has 5 atom stereocenters. The van der Waals surface area contributed by atoms with Crippen molar-refractivity contribution in [3.63, 3.8) is 0 Å². The average Bonchev–Trinajstić information content (AvgIpc) is 2.81. The molecular weight excluding hydrogens is 468 g/mol. The molecule has 0 saturated heterocycles. The third-order valence-electron chi connectivity index (χ3n) is 5.95. The highest BCUT2D eigenvalue weighted by Gasteiger charge is 2.32. The number of carbonyl (C=O) groups is 4. The standard InChI is InChI=1S/C23H46N8O5/c1-5-14(4)18(21(34)30-16(22(35)36)9-6-7-11-24)31-19(32)15(10-8-12-28-23(26)27)29-20(33)17(25)13(2)3/h13-18H,5-12,24-25H2,1-4H3,(H,29,33)(H,30,34)(H,31,32)(H,35,36)(H4,26,27,28). The second kappa shape index (κ2) is 17.5. The highest BCUT2D eigenvalue weighted by molar-refractivity contribution is 5.94. The number of amides is 3. The highest BCUT2D eigenvalue weighted by Crippen LogP contribution is 2.11. The van der Waals surface area contributed by atoms with Gasteiger partial charge in [0, 0.05) is 6.54 Å². The van der Waals surface area contributed by atoms with E-state index in [0.29, 0.717) is 32.2 Å². The number of nitrogens with one attached hydrogen (secondary N) is 3. The normalized spacial score (nSPS) is 15.2. The Balaban J connectivity index is 5.61. The summed E-state index contributed by atoms with van der Waals surface area (Å²) in [6.07, 6.45) is 2.51. The van der Waals surface area contributed by atoms with Crippen LogP contribution in [0.1, 0.15) is 66.2 Å². The Bertz CT molecular complexity index is 742. The lowest BCUT2D eigenvalue weighted by atomic mass is 9.96. The maximum absolute atomic E-state index is 13.2. The lowest BCUT2D eigenvalue weighted by Crippen LogP contribution is -2.59. The van der Waals surface area contributed by atoms with Gasteiger partial charge in [0.05, 0.1) is 6.04 Å². The molecule has 0 spiro atoms. The molecule has 0 aliphatic rings. The number of carboxylic acid groups (broad SMARTS) is 1. The first kappa shape index (κ1) is 33.1. The van der Waals surface area contributed by atoms with Crippen molar-refractivity contribution in [1.29, 1.82) is 0 Å². The number of aliphatic imine (C=N–C) groups is 1. The van der Waals surface area contributed by atoms with E-state index in [0.717, 1.165) is 0 Å². The summed E-state index contributed by atoms with van der Waals surface area (Å²) in [7, 11) is 0. The number of hydrogen-bond donors (Lipinski definition) is 8. The molecule has 0 heterocycles. The van der Waals surface area contributed by atoms with Gasteiger partial charge in [-0.15, -0.1) is 0 Å². The molecular formula is C23H46N8O5. The van der Waals surface area contributed by atoms with Crippen molar-refractivity contribution in [2.24, 2.45) is 39.8 Å². The molecule has 12 N–H and O–H groups in total. The number of hydrogen-bond acceptors (Lipinski definition) is 7. The smallest absolute Gasteiger partial charge is 0.326 e. The summed E-state index contributed by atoms with van der Waals surface area (Å²) < 4.78 is 0. The Kier molecular flexibility index (Phi) is 16.1. The summed E-state index contributed by atoms with van der Waals surface area (Å²) in [6, 6.07) is -3.92. The molecule has 13 nitrogen and oxygen atoms in total. The van der Waals surface area contributed by atoms with Gasteiger partial charge in [0.25, 0.3) is 0 Å². The van der Waals surface area contributed by atoms with E-state index in [1.807, 2.05) is 6.92 Å². The van der Waals surface area contributed by atoms with Crippen LogP contribution < -0.4 is 38.9 Å². The van der Waals surface area contributed by atoms with Crippen molar-refractivity contribution in [1.82, 2.24) is 16.0 Å². The van der Waals surface area contributed by atoms with Gasteiger partial charge in [-0.25, -0.2) is 4.79 Å². The predicted molar refractivity (Wildman–Crippen MR) is 139 cm³/mol. The number of guanidine groups is 1. The molecule has 0 aliphatic heterocycles. The number of unbranched alkanes of at least 4 members (excludes halogenated alkanes) is 1. The van der Waals surface area contributed by atoms with Crippen LogP contribution in [-0.2, 0) is 19.2 Å². The van der Waals surface area contributed by atoms with Gasteiger partial charge in [0.15, 0.2) is 5.96 Å². The van der Waals surface area contributed by atoms with Crippen LogP contribution in [0.25, 0.3) is 0 Å². The highest BCUT2D eigenvalue weighted by atomic mass is 16.4. The summed E-state index contributed by atoms with van der Waals surface area (Å²) in [5, 5.41) is 17.4. The van der Waals surface area contributed by atoms with E-state index in [9.17, 15) is 24.3 Å². The summed E-state index contributed by atoms with van der Waals surface area (Å²) in [6.45, 7) is 7.86. The fraction of sp³-hybridized carbons (Fsp3) is 0.783. The third-order valence-corrected chi connectivity index (χ3v) is 5.95. The molecule has 0 aromatic carbocycles. The van der Waals surface area contributed by atoms with Crippen molar-refractivity contribution in [2.45, 2.75) is 90.4 Å². The van der Waals surface area contributed by atoms with Crippen LogP contribution in [0.5, 0.6) is 0 Å². The lowest BCUT2D eigenvalue weighted by Gasteiger charge is -2.28. The Morgan fingerprint density at radius 2 is 1.44 bits per heavy atom. The lowest BCUT2D eigenvalue weighted by molar-refractivity contribution is -0.143. The Labute approximate surface area is 213 Å². The van der Waals surface area contributed by atoms with E-state index in [2.05, 4.69) is 20.9 Å². The van der Waals surface area contributed by atoms with E-state index in [-0.39, 0.29) is 37.2 Å². The minimum absolute atomic E-state index is 0.0881. The fourth-order valence-corrected chi connectivity index (χ4v) is 3.31. The van der Waals surface area contributed by atoms with Gasteiger partial charge >= 0.3 is 5.97 Å². The molecule has 0 radical (unpaired) electrons. The number of nitrogens with zero attached hydrogens (tertiary/aromatic N) is 1. The fourth-order valence-electron chi connectivity index (χ4n) is 3.31. The van der Waals surface area contributed by atoms with Gasteiger partial charge in [-0.1, -0.05) is 34.1 Å². The maximum atomic E-state index is 13.2. The topological polar surface area (TPSA) is 241 Å².